The Kier molecular flexibility index (Phi) is 4.55. The van der Waals surface area contributed by atoms with Crippen molar-refractivity contribution in [3.05, 3.63) is 23.8 Å². The number of hydrogen-bond donors (Lipinski definition) is 0. The number of hydrogen-bond acceptors (Lipinski definition) is 3. The maximum Gasteiger partial charge on any atom is 0.226 e. The maximum absolute atomic E-state index is 12.8. The number of methoxy groups -OCH3 is 2. The number of benzene rings is 1. The molecule has 1 amide bonds. The molecule has 4 heteroatoms. The van der Waals surface area contributed by atoms with Crippen LogP contribution in [0.25, 0.3) is 0 Å². The van der Waals surface area contributed by atoms with Crippen LogP contribution in [0.3, 0.4) is 0 Å². The van der Waals surface area contributed by atoms with Gasteiger partial charge in [-0.1, -0.05) is 18.9 Å². The molecule has 0 aromatic heterocycles. The minimum absolute atomic E-state index is 0.188. The van der Waals surface area contributed by atoms with Gasteiger partial charge >= 0.3 is 0 Å². The molecule has 0 N–H and O–H groups in total. The van der Waals surface area contributed by atoms with Gasteiger partial charge in [-0.3, -0.25) is 4.79 Å². The number of rotatable bonds is 4. The maximum atomic E-state index is 12.8. The zero-order valence-electron chi connectivity index (χ0n) is 13.5. The SMILES string of the molecule is COc1ccc([C@H]2CCCN2C(=O)C2CCCC2)cc1OC. The van der Waals surface area contributed by atoms with Crippen molar-refractivity contribution in [3.8, 4) is 11.5 Å². The predicted octanol–water partition coefficient (Wildman–Crippen LogP) is 3.56. The molecule has 0 spiro atoms. The Morgan fingerprint density at radius 3 is 2.45 bits per heavy atom. The zero-order chi connectivity index (χ0) is 15.5. The van der Waals surface area contributed by atoms with Gasteiger partial charge in [0.15, 0.2) is 11.5 Å². The van der Waals surface area contributed by atoms with Crippen molar-refractivity contribution >= 4 is 5.91 Å². The van der Waals surface area contributed by atoms with E-state index in [9.17, 15) is 4.79 Å². The first kappa shape index (κ1) is 15.2. The third kappa shape index (κ3) is 2.79. The summed E-state index contributed by atoms with van der Waals surface area (Å²) in [5.41, 5.74) is 1.15. The Balaban J connectivity index is 1.82. The van der Waals surface area contributed by atoms with Crippen molar-refractivity contribution in [3.63, 3.8) is 0 Å². The van der Waals surface area contributed by atoms with E-state index >= 15 is 0 Å². The molecule has 1 saturated carbocycles. The lowest BCUT2D eigenvalue weighted by molar-refractivity contribution is -0.136. The van der Waals surface area contributed by atoms with Crippen LogP contribution in [0.15, 0.2) is 18.2 Å². The van der Waals surface area contributed by atoms with Crippen molar-refractivity contribution < 1.29 is 14.3 Å². The molecule has 0 bridgehead atoms. The monoisotopic (exact) mass is 303 g/mol. The lowest BCUT2D eigenvalue weighted by Crippen LogP contribution is -2.34. The normalized spacial score (nSPS) is 22.1. The van der Waals surface area contributed by atoms with E-state index in [0.717, 1.165) is 49.3 Å². The Bertz CT molecular complexity index is 537. The molecule has 3 rings (SSSR count). The first-order chi connectivity index (χ1) is 10.7. The molecule has 1 aromatic carbocycles. The summed E-state index contributed by atoms with van der Waals surface area (Å²) in [4.78, 5) is 14.9. The van der Waals surface area contributed by atoms with E-state index in [2.05, 4.69) is 11.0 Å². The van der Waals surface area contributed by atoms with Crippen LogP contribution in [0.1, 0.15) is 50.1 Å². The summed E-state index contributed by atoms with van der Waals surface area (Å²) in [5, 5.41) is 0. The Morgan fingerprint density at radius 2 is 1.77 bits per heavy atom. The van der Waals surface area contributed by atoms with E-state index in [4.69, 9.17) is 9.47 Å². The summed E-state index contributed by atoms with van der Waals surface area (Å²) in [5.74, 6) is 2.08. The van der Waals surface area contributed by atoms with Crippen LogP contribution < -0.4 is 9.47 Å². The Morgan fingerprint density at radius 1 is 1.05 bits per heavy atom. The second-order valence-corrected chi connectivity index (χ2v) is 6.29. The molecule has 4 nitrogen and oxygen atoms in total. The summed E-state index contributed by atoms with van der Waals surface area (Å²) in [6.07, 6.45) is 6.64. The van der Waals surface area contributed by atoms with Gasteiger partial charge in [0.1, 0.15) is 0 Å². The largest absolute Gasteiger partial charge is 0.493 e. The van der Waals surface area contributed by atoms with Gasteiger partial charge in [-0.05, 0) is 43.4 Å². The highest BCUT2D eigenvalue weighted by Gasteiger charge is 2.35. The molecular weight excluding hydrogens is 278 g/mol. The molecule has 0 radical (unpaired) electrons. The van der Waals surface area contributed by atoms with Gasteiger partial charge in [0.25, 0.3) is 0 Å². The van der Waals surface area contributed by atoms with Gasteiger partial charge in [-0.15, -0.1) is 0 Å². The number of carbonyl (C=O) groups is 1. The van der Waals surface area contributed by atoms with Crippen molar-refractivity contribution in [1.29, 1.82) is 0 Å². The second-order valence-electron chi connectivity index (χ2n) is 6.29. The van der Waals surface area contributed by atoms with E-state index < -0.39 is 0 Å². The molecule has 2 fully saturated rings. The molecule has 1 aliphatic carbocycles. The van der Waals surface area contributed by atoms with E-state index in [1.54, 1.807) is 14.2 Å². The number of amides is 1. The minimum atomic E-state index is 0.188. The average molecular weight is 303 g/mol. The molecule has 1 atom stereocenters. The first-order valence-electron chi connectivity index (χ1n) is 8.27. The standard InChI is InChI=1S/C18H25NO3/c1-21-16-10-9-14(12-17(16)22-2)15-8-5-11-19(15)18(20)13-6-3-4-7-13/h9-10,12-13,15H,3-8,11H2,1-2H3/t15-/m1/s1. The highest BCUT2D eigenvalue weighted by atomic mass is 16.5. The summed E-state index contributed by atoms with van der Waals surface area (Å²) in [7, 11) is 3.29. The molecule has 1 saturated heterocycles. The highest BCUT2D eigenvalue weighted by molar-refractivity contribution is 5.80. The fourth-order valence-electron chi connectivity index (χ4n) is 3.84. The average Bonchev–Trinajstić information content (AvgIpc) is 3.24. The third-order valence-electron chi connectivity index (χ3n) is 5.03. The molecule has 1 aromatic rings. The lowest BCUT2D eigenvalue weighted by Gasteiger charge is -2.28. The van der Waals surface area contributed by atoms with Crippen LogP contribution in [0.4, 0.5) is 0 Å². The molecule has 1 heterocycles. The van der Waals surface area contributed by atoms with Gasteiger partial charge < -0.3 is 14.4 Å². The number of nitrogens with zero attached hydrogens (tertiary/aromatic N) is 1. The van der Waals surface area contributed by atoms with E-state index in [0.29, 0.717) is 5.91 Å². The van der Waals surface area contributed by atoms with Gasteiger partial charge in [-0.25, -0.2) is 0 Å². The Hall–Kier alpha value is -1.71. The highest BCUT2D eigenvalue weighted by Crippen LogP contribution is 2.39. The van der Waals surface area contributed by atoms with Gasteiger partial charge in [0.2, 0.25) is 5.91 Å². The molecule has 120 valence electrons. The quantitative estimate of drug-likeness (QED) is 0.853. The van der Waals surface area contributed by atoms with Crippen molar-refractivity contribution in [2.24, 2.45) is 5.92 Å². The summed E-state index contributed by atoms with van der Waals surface area (Å²) < 4.78 is 10.7. The van der Waals surface area contributed by atoms with Crippen LogP contribution in [0, 0.1) is 5.92 Å². The fourth-order valence-corrected chi connectivity index (χ4v) is 3.84. The van der Waals surface area contributed by atoms with E-state index in [1.165, 1.54) is 12.8 Å². The van der Waals surface area contributed by atoms with Gasteiger partial charge in [-0.2, -0.15) is 0 Å². The lowest BCUT2D eigenvalue weighted by atomic mass is 10.0. The summed E-state index contributed by atoms with van der Waals surface area (Å²) in [6.45, 7) is 0.883. The zero-order valence-corrected chi connectivity index (χ0v) is 13.5. The fraction of sp³-hybridized carbons (Fsp3) is 0.611. The molecular formula is C18H25NO3. The second kappa shape index (κ2) is 6.59. The third-order valence-corrected chi connectivity index (χ3v) is 5.03. The summed E-state index contributed by atoms with van der Waals surface area (Å²) >= 11 is 0. The number of carbonyl (C=O) groups excluding carboxylic acids is 1. The number of likely N-dealkylation sites (tertiary alicyclic amines) is 1. The topological polar surface area (TPSA) is 38.8 Å². The van der Waals surface area contributed by atoms with Crippen LogP contribution >= 0.6 is 0 Å². The molecule has 0 unspecified atom stereocenters. The predicted molar refractivity (Wildman–Crippen MR) is 85.2 cm³/mol. The molecule has 22 heavy (non-hydrogen) atoms. The van der Waals surface area contributed by atoms with E-state index in [1.807, 2.05) is 12.1 Å². The van der Waals surface area contributed by atoms with Crippen LogP contribution in [-0.4, -0.2) is 31.6 Å². The molecule has 1 aliphatic heterocycles. The smallest absolute Gasteiger partial charge is 0.226 e. The van der Waals surface area contributed by atoms with Crippen LogP contribution in [-0.2, 0) is 4.79 Å². The van der Waals surface area contributed by atoms with Crippen LogP contribution in [0.5, 0.6) is 11.5 Å². The summed E-state index contributed by atoms with van der Waals surface area (Å²) in [6, 6.07) is 6.20. The van der Waals surface area contributed by atoms with Crippen LogP contribution in [0.2, 0.25) is 0 Å². The van der Waals surface area contributed by atoms with Crippen molar-refractivity contribution in [2.75, 3.05) is 20.8 Å². The van der Waals surface area contributed by atoms with Gasteiger partial charge in [0.05, 0.1) is 20.3 Å². The van der Waals surface area contributed by atoms with Crippen molar-refractivity contribution in [1.82, 2.24) is 4.90 Å². The van der Waals surface area contributed by atoms with E-state index in [-0.39, 0.29) is 12.0 Å². The minimum Gasteiger partial charge on any atom is -0.493 e. The number of ether oxygens (including phenoxy) is 2. The first-order valence-corrected chi connectivity index (χ1v) is 8.27. The Labute approximate surface area is 132 Å². The van der Waals surface area contributed by atoms with Crippen molar-refractivity contribution in [2.45, 2.75) is 44.6 Å². The molecule has 2 aliphatic rings. The van der Waals surface area contributed by atoms with Gasteiger partial charge in [0, 0.05) is 12.5 Å².